The number of hydrogen-bond acceptors (Lipinski definition) is 6. The molecule has 25 heavy (non-hydrogen) atoms. The molecular formula is C17H12ClN5O2. The minimum Gasteiger partial charge on any atom is -0.450 e. The molecule has 4 aromatic rings. The summed E-state index contributed by atoms with van der Waals surface area (Å²) >= 11 is 6.16. The van der Waals surface area contributed by atoms with Crippen molar-refractivity contribution in [3.05, 3.63) is 52.4 Å². The number of nitrogens with one attached hydrogen (secondary N) is 1. The summed E-state index contributed by atoms with van der Waals surface area (Å²) < 4.78 is 7.45. The van der Waals surface area contributed by atoms with E-state index >= 15 is 0 Å². The number of rotatable bonds is 3. The van der Waals surface area contributed by atoms with Gasteiger partial charge in [0.05, 0.1) is 18.1 Å². The topological polar surface area (TPSA) is 85.8 Å². The summed E-state index contributed by atoms with van der Waals surface area (Å²) in [5.41, 5.74) is 1.86. The van der Waals surface area contributed by atoms with Crippen molar-refractivity contribution in [2.45, 2.75) is 18.9 Å². The van der Waals surface area contributed by atoms with Crippen LogP contribution in [0.2, 0.25) is 5.02 Å². The molecule has 124 valence electrons. The zero-order chi connectivity index (χ0) is 17.0. The molecule has 1 saturated carbocycles. The highest BCUT2D eigenvalue weighted by atomic mass is 35.5. The van der Waals surface area contributed by atoms with Gasteiger partial charge in [-0.2, -0.15) is 4.98 Å². The zero-order valence-corrected chi connectivity index (χ0v) is 13.7. The standard InChI is InChI=1S/C17H12ClN5O2/c18-9-1-4-13-12(5-9)14-15(25-13)16(21-10-2-3-10)22-17(24)23(14)11-6-19-8-20-7-11/h1,4-8,10H,2-3H2,(H,21,22,24). The second-order valence-corrected chi connectivity index (χ2v) is 6.45. The fourth-order valence-electron chi connectivity index (χ4n) is 2.90. The first kappa shape index (κ1) is 14.4. The number of benzene rings is 1. The molecule has 3 aromatic heterocycles. The van der Waals surface area contributed by atoms with E-state index in [1.165, 1.54) is 10.9 Å². The van der Waals surface area contributed by atoms with Gasteiger partial charge in [-0.25, -0.2) is 14.8 Å². The average molecular weight is 354 g/mol. The van der Waals surface area contributed by atoms with E-state index < -0.39 is 5.69 Å². The van der Waals surface area contributed by atoms with Crippen molar-refractivity contribution in [2.75, 3.05) is 5.32 Å². The molecule has 0 atom stereocenters. The maximum Gasteiger partial charge on any atom is 0.354 e. The highest BCUT2D eigenvalue weighted by molar-refractivity contribution is 6.31. The van der Waals surface area contributed by atoms with E-state index in [4.69, 9.17) is 16.0 Å². The third kappa shape index (κ3) is 2.35. The summed E-state index contributed by atoms with van der Waals surface area (Å²) in [6.45, 7) is 0. The molecule has 1 aromatic carbocycles. The van der Waals surface area contributed by atoms with Gasteiger partial charge in [0.25, 0.3) is 0 Å². The Morgan fingerprint density at radius 1 is 1.24 bits per heavy atom. The second-order valence-electron chi connectivity index (χ2n) is 6.01. The SMILES string of the molecule is O=c1nc(NC2CC2)c2oc3ccc(Cl)cc3c2n1-c1cncnc1. The van der Waals surface area contributed by atoms with E-state index in [0.29, 0.717) is 39.3 Å². The van der Waals surface area contributed by atoms with Crippen molar-refractivity contribution in [2.24, 2.45) is 0 Å². The monoisotopic (exact) mass is 353 g/mol. The lowest BCUT2D eigenvalue weighted by Gasteiger charge is -2.09. The van der Waals surface area contributed by atoms with Gasteiger partial charge in [0.2, 0.25) is 0 Å². The van der Waals surface area contributed by atoms with Crippen molar-refractivity contribution >= 4 is 39.5 Å². The molecule has 0 spiro atoms. The van der Waals surface area contributed by atoms with E-state index in [0.717, 1.165) is 18.2 Å². The van der Waals surface area contributed by atoms with Crippen LogP contribution in [-0.4, -0.2) is 25.6 Å². The van der Waals surface area contributed by atoms with Gasteiger partial charge in [0.15, 0.2) is 11.4 Å². The van der Waals surface area contributed by atoms with E-state index in [-0.39, 0.29) is 0 Å². The molecule has 1 fully saturated rings. The molecule has 5 rings (SSSR count). The van der Waals surface area contributed by atoms with E-state index in [1.807, 2.05) is 0 Å². The van der Waals surface area contributed by atoms with Crippen LogP contribution in [0.5, 0.6) is 0 Å². The van der Waals surface area contributed by atoms with Gasteiger partial charge >= 0.3 is 5.69 Å². The van der Waals surface area contributed by atoms with Crippen LogP contribution < -0.4 is 11.0 Å². The molecule has 0 aliphatic heterocycles. The molecule has 8 heteroatoms. The molecule has 3 heterocycles. The van der Waals surface area contributed by atoms with Gasteiger partial charge < -0.3 is 9.73 Å². The summed E-state index contributed by atoms with van der Waals surface area (Å²) in [5, 5.41) is 4.57. The number of halogens is 1. The Morgan fingerprint density at radius 3 is 2.80 bits per heavy atom. The lowest BCUT2D eigenvalue weighted by atomic mass is 10.2. The quantitative estimate of drug-likeness (QED) is 0.609. The van der Waals surface area contributed by atoms with E-state index in [1.54, 1.807) is 30.6 Å². The van der Waals surface area contributed by atoms with Crippen LogP contribution >= 0.6 is 11.6 Å². The van der Waals surface area contributed by atoms with Crippen molar-refractivity contribution in [1.29, 1.82) is 0 Å². The number of anilines is 1. The maximum absolute atomic E-state index is 12.8. The van der Waals surface area contributed by atoms with Gasteiger partial charge in [-0.3, -0.25) is 4.57 Å². The van der Waals surface area contributed by atoms with Gasteiger partial charge in [-0.05, 0) is 31.0 Å². The first-order chi connectivity index (χ1) is 12.2. The number of fused-ring (bicyclic) bond motifs is 3. The number of nitrogens with zero attached hydrogens (tertiary/aromatic N) is 4. The molecule has 0 amide bonds. The van der Waals surface area contributed by atoms with Crippen LogP contribution in [0.15, 0.2) is 46.1 Å². The van der Waals surface area contributed by atoms with E-state index in [9.17, 15) is 4.79 Å². The lowest BCUT2D eigenvalue weighted by Crippen LogP contribution is -2.23. The number of hydrogen-bond donors (Lipinski definition) is 1. The fraction of sp³-hybridized carbons (Fsp3) is 0.176. The number of furan rings is 1. The highest BCUT2D eigenvalue weighted by Gasteiger charge is 2.26. The molecule has 0 bridgehead atoms. The molecule has 0 saturated heterocycles. The van der Waals surface area contributed by atoms with Crippen molar-refractivity contribution in [3.8, 4) is 5.69 Å². The molecule has 1 N–H and O–H groups in total. The highest BCUT2D eigenvalue weighted by Crippen LogP contribution is 2.35. The number of aromatic nitrogens is 4. The molecule has 0 radical (unpaired) electrons. The van der Waals surface area contributed by atoms with E-state index in [2.05, 4.69) is 20.3 Å². The average Bonchev–Trinajstić information content (AvgIpc) is 3.35. The minimum atomic E-state index is -0.423. The van der Waals surface area contributed by atoms with Gasteiger partial charge in [-0.15, -0.1) is 0 Å². The largest absolute Gasteiger partial charge is 0.450 e. The predicted octanol–water partition coefficient (Wildman–Crippen LogP) is 3.15. The van der Waals surface area contributed by atoms with Crippen molar-refractivity contribution in [3.63, 3.8) is 0 Å². The zero-order valence-electron chi connectivity index (χ0n) is 12.9. The Balaban J connectivity index is 1.92. The fourth-order valence-corrected chi connectivity index (χ4v) is 3.07. The Labute approximate surface area is 146 Å². The smallest absolute Gasteiger partial charge is 0.354 e. The minimum absolute atomic E-state index is 0.336. The first-order valence-electron chi connectivity index (χ1n) is 7.87. The molecule has 1 aliphatic carbocycles. The summed E-state index contributed by atoms with van der Waals surface area (Å²) in [4.78, 5) is 25.0. The van der Waals surface area contributed by atoms with Gasteiger partial charge in [0, 0.05) is 16.5 Å². The lowest BCUT2D eigenvalue weighted by molar-refractivity contribution is 0.664. The van der Waals surface area contributed by atoms with Crippen LogP contribution in [0.4, 0.5) is 5.82 Å². The van der Waals surface area contributed by atoms with Gasteiger partial charge in [-0.1, -0.05) is 11.6 Å². The van der Waals surface area contributed by atoms with Crippen LogP contribution in [0, 0.1) is 0 Å². The van der Waals surface area contributed by atoms with Crippen molar-refractivity contribution in [1.82, 2.24) is 19.5 Å². The maximum atomic E-state index is 12.8. The third-order valence-electron chi connectivity index (χ3n) is 4.18. The molecule has 1 aliphatic rings. The molecule has 0 unspecified atom stereocenters. The molecule has 7 nitrogen and oxygen atoms in total. The van der Waals surface area contributed by atoms with Crippen LogP contribution in [0.25, 0.3) is 27.8 Å². The van der Waals surface area contributed by atoms with Crippen molar-refractivity contribution < 1.29 is 4.42 Å². The summed E-state index contributed by atoms with van der Waals surface area (Å²) in [6, 6.07) is 5.66. The summed E-state index contributed by atoms with van der Waals surface area (Å²) in [6.07, 6.45) is 6.65. The Morgan fingerprint density at radius 2 is 2.04 bits per heavy atom. The Bertz CT molecular complexity index is 1160. The Hall–Kier alpha value is -2.93. The van der Waals surface area contributed by atoms with Gasteiger partial charge in [0.1, 0.15) is 17.4 Å². The van der Waals surface area contributed by atoms with Crippen LogP contribution in [0.3, 0.4) is 0 Å². The summed E-state index contributed by atoms with van der Waals surface area (Å²) in [7, 11) is 0. The third-order valence-corrected chi connectivity index (χ3v) is 4.42. The van der Waals surface area contributed by atoms with Crippen LogP contribution in [-0.2, 0) is 0 Å². The Kier molecular flexibility index (Phi) is 3.05. The van der Waals surface area contributed by atoms with Crippen LogP contribution in [0.1, 0.15) is 12.8 Å². The first-order valence-corrected chi connectivity index (χ1v) is 8.25. The normalized spacial score (nSPS) is 14.3. The summed E-state index contributed by atoms with van der Waals surface area (Å²) in [5.74, 6) is 0.461. The predicted molar refractivity (Wildman–Crippen MR) is 94.4 cm³/mol. The molecular weight excluding hydrogens is 342 g/mol. The second kappa shape index (κ2) is 5.29.